The molecule has 1 unspecified atom stereocenters. The van der Waals surface area contributed by atoms with E-state index in [9.17, 15) is 0 Å². The number of hydrogen-bond donors (Lipinski definition) is 1. The number of amidine groups is 1. The van der Waals surface area contributed by atoms with Crippen LogP contribution in [-0.2, 0) is 4.74 Å². The van der Waals surface area contributed by atoms with E-state index in [1.54, 1.807) is 11.8 Å². The van der Waals surface area contributed by atoms with E-state index in [4.69, 9.17) is 4.74 Å². The molecule has 0 aromatic heterocycles. The Morgan fingerprint density at radius 2 is 2.58 bits per heavy atom. The highest BCUT2D eigenvalue weighted by atomic mass is 32.2. The van der Waals surface area contributed by atoms with Crippen LogP contribution in [0.3, 0.4) is 0 Å². The summed E-state index contributed by atoms with van der Waals surface area (Å²) in [6.07, 6.45) is 0. The molecule has 0 saturated heterocycles. The van der Waals surface area contributed by atoms with Crippen LogP contribution in [0.1, 0.15) is 13.8 Å². The summed E-state index contributed by atoms with van der Waals surface area (Å²) in [5.74, 6) is 1.11. The molecule has 0 aromatic rings. The van der Waals surface area contributed by atoms with Gasteiger partial charge in [-0.25, -0.2) is 0 Å². The van der Waals surface area contributed by atoms with Gasteiger partial charge in [0.05, 0.1) is 13.2 Å². The van der Waals surface area contributed by atoms with Gasteiger partial charge in [-0.1, -0.05) is 11.8 Å². The summed E-state index contributed by atoms with van der Waals surface area (Å²) >= 11 is 1.79. The predicted octanol–water partition coefficient (Wildman–Crippen LogP) is 1.10. The number of nitrogens with one attached hydrogen (secondary N) is 1. The van der Waals surface area contributed by atoms with Crippen LogP contribution >= 0.6 is 11.8 Å². The Kier molecular flexibility index (Phi) is 4.46. The molecule has 0 radical (unpaired) electrons. The summed E-state index contributed by atoms with van der Waals surface area (Å²) < 4.78 is 5.28. The van der Waals surface area contributed by atoms with Gasteiger partial charge in [0, 0.05) is 18.4 Å². The zero-order valence-corrected chi connectivity index (χ0v) is 8.49. The number of nitrogens with zero attached hydrogens (tertiary/aromatic N) is 1. The van der Waals surface area contributed by atoms with Crippen molar-refractivity contribution in [1.29, 1.82) is 0 Å². The van der Waals surface area contributed by atoms with Gasteiger partial charge in [-0.05, 0) is 13.8 Å². The van der Waals surface area contributed by atoms with E-state index in [1.165, 1.54) is 0 Å². The van der Waals surface area contributed by atoms with Crippen molar-refractivity contribution in [3.63, 3.8) is 0 Å². The van der Waals surface area contributed by atoms with E-state index in [0.29, 0.717) is 6.04 Å². The van der Waals surface area contributed by atoms with Crippen LogP contribution in [0.5, 0.6) is 0 Å². The van der Waals surface area contributed by atoms with Gasteiger partial charge >= 0.3 is 0 Å². The average Bonchev–Trinajstić information content (AvgIpc) is 2.53. The molecule has 1 aliphatic rings. The molecule has 0 spiro atoms. The molecule has 0 bridgehead atoms. The summed E-state index contributed by atoms with van der Waals surface area (Å²) in [5.41, 5.74) is 0. The average molecular weight is 188 g/mol. The van der Waals surface area contributed by atoms with E-state index in [1.807, 2.05) is 6.92 Å². The van der Waals surface area contributed by atoms with E-state index >= 15 is 0 Å². The zero-order chi connectivity index (χ0) is 8.81. The first-order valence-electron chi connectivity index (χ1n) is 4.34. The number of rotatable bonds is 4. The fourth-order valence-corrected chi connectivity index (χ4v) is 1.81. The topological polar surface area (TPSA) is 33.6 Å². The van der Waals surface area contributed by atoms with Crippen molar-refractivity contribution in [2.24, 2.45) is 4.99 Å². The largest absolute Gasteiger partial charge is 0.380 e. The third kappa shape index (κ3) is 3.45. The Morgan fingerprint density at radius 1 is 1.75 bits per heavy atom. The van der Waals surface area contributed by atoms with E-state index in [2.05, 4.69) is 17.2 Å². The fraction of sp³-hybridized carbons (Fsp3) is 0.875. The number of thioether (sulfide) groups is 1. The molecule has 0 aromatic carbocycles. The minimum Gasteiger partial charge on any atom is -0.380 e. The Balaban J connectivity index is 2.12. The lowest BCUT2D eigenvalue weighted by molar-refractivity contribution is 0.133. The van der Waals surface area contributed by atoms with Crippen molar-refractivity contribution in [3.8, 4) is 0 Å². The molecule has 3 nitrogen and oxygen atoms in total. The Labute approximate surface area is 78.0 Å². The highest BCUT2D eigenvalue weighted by Crippen LogP contribution is 2.09. The van der Waals surface area contributed by atoms with Gasteiger partial charge in [-0.15, -0.1) is 0 Å². The molecular weight excluding hydrogens is 172 g/mol. The molecule has 70 valence electrons. The van der Waals surface area contributed by atoms with Gasteiger partial charge < -0.3 is 10.1 Å². The molecule has 1 aliphatic heterocycles. The second kappa shape index (κ2) is 5.43. The normalized spacial score (nSPS) is 19.0. The summed E-state index contributed by atoms with van der Waals surface area (Å²) in [6, 6.07) is 0.370. The minimum absolute atomic E-state index is 0.370. The lowest BCUT2D eigenvalue weighted by Crippen LogP contribution is -2.33. The molecule has 0 saturated carbocycles. The summed E-state index contributed by atoms with van der Waals surface area (Å²) in [5, 5.41) is 4.37. The molecule has 4 heteroatoms. The number of ether oxygens (including phenoxy) is 1. The maximum atomic E-state index is 5.28. The summed E-state index contributed by atoms with van der Waals surface area (Å²) in [7, 11) is 0. The maximum absolute atomic E-state index is 5.28. The van der Waals surface area contributed by atoms with Crippen LogP contribution in [0.15, 0.2) is 4.99 Å². The van der Waals surface area contributed by atoms with E-state index in [-0.39, 0.29) is 0 Å². The summed E-state index contributed by atoms with van der Waals surface area (Å²) in [6.45, 7) is 6.61. The third-order valence-electron chi connectivity index (χ3n) is 1.53. The minimum atomic E-state index is 0.370. The van der Waals surface area contributed by atoms with Crippen molar-refractivity contribution in [2.45, 2.75) is 19.9 Å². The third-order valence-corrected chi connectivity index (χ3v) is 2.43. The van der Waals surface area contributed by atoms with Gasteiger partial charge in [0.1, 0.15) is 0 Å². The van der Waals surface area contributed by atoms with Crippen molar-refractivity contribution in [3.05, 3.63) is 0 Å². The fourth-order valence-electron chi connectivity index (χ4n) is 0.970. The molecule has 1 rings (SSSR count). The van der Waals surface area contributed by atoms with E-state index in [0.717, 1.165) is 30.7 Å². The van der Waals surface area contributed by atoms with Crippen LogP contribution in [0, 0.1) is 0 Å². The molecule has 0 aliphatic carbocycles. The molecule has 12 heavy (non-hydrogen) atoms. The van der Waals surface area contributed by atoms with Crippen LogP contribution in [0.25, 0.3) is 0 Å². The van der Waals surface area contributed by atoms with Crippen molar-refractivity contribution >= 4 is 16.9 Å². The van der Waals surface area contributed by atoms with Gasteiger partial charge in [0.2, 0.25) is 0 Å². The molecule has 0 fully saturated rings. The molecule has 0 amide bonds. The van der Waals surface area contributed by atoms with Crippen LogP contribution < -0.4 is 5.32 Å². The van der Waals surface area contributed by atoms with Gasteiger partial charge in [0.15, 0.2) is 5.17 Å². The highest BCUT2D eigenvalue weighted by Gasteiger charge is 2.09. The van der Waals surface area contributed by atoms with Crippen molar-refractivity contribution in [2.75, 3.05) is 25.5 Å². The highest BCUT2D eigenvalue weighted by molar-refractivity contribution is 8.14. The van der Waals surface area contributed by atoms with Crippen LogP contribution in [-0.4, -0.2) is 36.7 Å². The van der Waals surface area contributed by atoms with E-state index < -0.39 is 0 Å². The first-order chi connectivity index (χ1) is 5.83. The Morgan fingerprint density at radius 3 is 3.17 bits per heavy atom. The van der Waals surface area contributed by atoms with Crippen LogP contribution in [0.2, 0.25) is 0 Å². The lowest BCUT2D eigenvalue weighted by atomic mass is 10.4. The van der Waals surface area contributed by atoms with Gasteiger partial charge in [-0.2, -0.15) is 0 Å². The molecule has 1 atom stereocenters. The zero-order valence-electron chi connectivity index (χ0n) is 7.67. The Bertz CT molecular complexity index is 161. The summed E-state index contributed by atoms with van der Waals surface area (Å²) in [4.78, 5) is 4.30. The SMILES string of the molecule is CCOCC(C)NC1=NCCS1. The maximum Gasteiger partial charge on any atom is 0.156 e. The predicted molar refractivity (Wildman–Crippen MR) is 53.9 cm³/mol. The number of aliphatic imine (C=N–C) groups is 1. The second-order valence-electron chi connectivity index (χ2n) is 2.74. The first kappa shape index (κ1) is 9.86. The quantitative estimate of drug-likeness (QED) is 0.717. The van der Waals surface area contributed by atoms with Gasteiger partial charge in [0.25, 0.3) is 0 Å². The number of hydrogen-bond acceptors (Lipinski definition) is 4. The molecule has 1 N–H and O–H groups in total. The van der Waals surface area contributed by atoms with Crippen molar-refractivity contribution < 1.29 is 4.74 Å². The molecular formula is C8H16N2OS. The monoisotopic (exact) mass is 188 g/mol. The van der Waals surface area contributed by atoms with Crippen LogP contribution in [0.4, 0.5) is 0 Å². The van der Waals surface area contributed by atoms with Crippen molar-refractivity contribution in [1.82, 2.24) is 5.32 Å². The standard InChI is InChI=1S/C8H16N2OS/c1-3-11-6-7(2)10-8-9-4-5-12-8/h7H,3-6H2,1-2H3,(H,9,10). The Hall–Kier alpha value is -0.220. The lowest BCUT2D eigenvalue weighted by Gasteiger charge is -2.13. The van der Waals surface area contributed by atoms with Gasteiger partial charge in [-0.3, -0.25) is 4.99 Å². The smallest absolute Gasteiger partial charge is 0.156 e. The molecule has 1 heterocycles. The first-order valence-corrected chi connectivity index (χ1v) is 5.33. The second-order valence-corrected chi connectivity index (χ2v) is 3.82.